The van der Waals surface area contributed by atoms with Crippen molar-refractivity contribution in [2.45, 2.75) is 54.4 Å². The second-order valence-electron chi connectivity index (χ2n) is 4.70. The van der Waals surface area contributed by atoms with Crippen LogP contribution in [0.25, 0.3) is 0 Å². The third kappa shape index (κ3) is 5.84. The molecule has 0 aromatic carbocycles. The molecular weight excluding hydrogens is 474 g/mol. The van der Waals surface area contributed by atoms with Gasteiger partial charge in [-0.1, -0.05) is 0 Å². The molecule has 5 unspecified atom stereocenters. The van der Waals surface area contributed by atoms with Gasteiger partial charge in [0.25, 0.3) is 11.9 Å². The second-order valence-corrected chi connectivity index (χ2v) is 6.10. The smallest absolute Gasteiger partial charge is 0.746 e. The monoisotopic (exact) mass is 480 g/mol. The Kier molecular flexibility index (Phi) is 10.6. The van der Waals surface area contributed by atoms with Crippen molar-refractivity contribution in [2.24, 2.45) is 0 Å². The molecule has 18 heteroatoms. The van der Waals surface area contributed by atoms with E-state index >= 15 is 0 Å². The van der Waals surface area contributed by atoms with Gasteiger partial charge in [0, 0.05) is 0 Å². The summed E-state index contributed by atoms with van der Waals surface area (Å²) in [6.07, 6.45) is -23.7. The van der Waals surface area contributed by atoms with Crippen LogP contribution in [-0.4, -0.2) is 67.4 Å². The first kappa shape index (κ1) is 29.8. The van der Waals surface area contributed by atoms with Gasteiger partial charge in [-0.2, -0.15) is 26.3 Å². The molecule has 0 spiro atoms. The molecule has 0 aliphatic carbocycles. The zero-order valence-corrected chi connectivity index (χ0v) is 16.5. The Hall–Kier alpha value is 0.636. The summed E-state index contributed by atoms with van der Waals surface area (Å²) in [4.78, 5) is 0. The largest absolute Gasteiger partial charge is 1.00 e. The topological polar surface area (TPSA) is 57.2 Å². The SMILES string of the molecule is O=S(=O)([O-])C(F)C(F)(F)C(F)(F)C(F)(F)C(F)C(F)C(F)C(F)C(F)F.[K+]. The van der Waals surface area contributed by atoms with Gasteiger partial charge in [0.15, 0.2) is 18.5 Å². The molecule has 0 aromatic heterocycles. The molecule has 0 rings (SSSR count). The Morgan fingerprint density at radius 3 is 1.33 bits per heavy atom. The summed E-state index contributed by atoms with van der Waals surface area (Å²) in [5, 5.41) is 0. The maximum Gasteiger partial charge on any atom is 1.00 e. The summed E-state index contributed by atoms with van der Waals surface area (Å²) in [5.41, 5.74) is -5.57. The minimum absolute atomic E-state index is 0. The third-order valence-corrected chi connectivity index (χ3v) is 3.65. The van der Waals surface area contributed by atoms with Crippen LogP contribution >= 0.6 is 0 Å². The molecule has 0 saturated carbocycles. The minimum Gasteiger partial charge on any atom is -0.746 e. The van der Waals surface area contributed by atoms with Crippen LogP contribution in [0, 0.1) is 0 Å². The van der Waals surface area contributed by atoms with E-state index in [2.05, 4.69) is 0 Å². The number of hydrogen-bond donors (Lipinski definition) is 0. The van der Waals surface area contributed by atoms with E-state index < -0.39 is 64.5 Å². The van der Waals surface area contributed by atoms with E-state index in [1.807, 2.05) is 0 Å². The number of halogens is 13. The zero-order chi connectivity index (χ0) is 21.5. The van der Waals surface area contributed by atoms with E-state index in [0.29, 0.717) is 0 Å². The van der Waals surface area contributed by atoms with E-state index in [1.54, 1.807) is 0 Å². The van der Waals surface area contributed by atoms with Gasteiger partial charge >= 0.3 is 69.2 Å². The van der Waals surface area contributed by atoms with Gasteiger partial charge in [-0.3, -0.25) is 0 Å². The van der Waals surface area contributed by atoms with Crippen LogP contribution in [0.4, 0.5) is 57.1 Å². The summed E-state index contributed by atoms with van der Waals surface area (Å²) < 4.78 is 196. The molecule has 27 heavy (non-hydrogen) atoms. The Morgan fingerprint density at radius 1 is 0.667 bits per heavy atom. The fourth-order valence-electron chi connectivity index (χ4n) is 1.40. The number of hydrogen-bond acceptors (Lipinski definition) is 3. The van der Waals surface area contributed by atoms with Crippen LogP contribution in [0.5, 0.6) is 0 Å². The van der Waals surface area contributed by atoms with Gasteiger partial charge in [-0.15, -0.1) is 0 Å². The molecule has 3 nitrogen and oxygen atoms in total. The molecule has 5 atom stereocenters. The van der Waals surface area contributed by atoms with Gasteiger partial charge in [0.2, 0.25) is 6.17 Å². The van der Waals surface area contributed by atoms with Gasteiger partial charge in [-0.05, 0) is 0 Å². The molecule has 0 heterocycles. The predicted octanol–water partition coefficient (Wildman–Crippen LogP) is 0.355. The second kappa shape index (κ2) is 9.63. The molecule has 0 aliphatic heterocycles. The first-order chi connectivity index (χ1) is 11.2. The standard InChI is InChI=1S/C9H7F13O3S.K/c10-1(3(12)5(14)15)2(11)4(13)7(17,18)9(21,22)8(19,20)6(16)26(23,24)25;/h1-6H,(H,23,24,25);/q;+1/p-1. The molecule has 0 saturated heterocycles. The van der Waals surface area contributed by atoms with Crippen LogP contribution in [-0.2, 0) is 10.1 Å². The first-order valence-corrected chi connectivity index (χ1v) is 7.28. The quantitative estimate of drug-likeness (QED) is 0.272. The fourth-order valence-corrected chi connectivity index (χ4v) is 1.91. The predicted molar refractivity (Wildman–Crippen MR) is 55.0 cm³/mol. The van der Waals surface area contributed by atoms with E-state index in [0.717, 1.165) is 0 Å². The molecule has 0 amide bonds. The van der Waals surface area contributed by atoms with Crippen molar-refractivity contribution < 1.29 is 121 Å². The third-order valence-electron chi connectivity index (χ3n) is 2.85. The zero-order valence-electron chi connectivity index (χ0n) is 12.5. The summed E-state index contributed by atoms with van der Waals surface area (Å²) in [6, 6.07) is 0. The molecule has 0 aromatic rings. The molecule has 0 radical (unpaired) electrons. The summed E-state index contributed by atoms with van der Waals surface area (Å²) in [6.45, 7) is 0. The Morgan fingerprint density at radius 2 is 1.04 bits per heavy atom. The number of alkyl halides is 13. The fraction of sp³-hybridized carbons (Fsp3) is 1.00. The summed E-state index contributed by atoms with van der Waals surface area (Å²) >= 11 is 0. The van der Waals surface area contributed by atoms with E-state index in [4.69, 9.17) is 0 Å². The Labute approximate surface area is 184 Å². The average Bonchev–Trinajstić information content (AvgIpc) is 2.49. The molecule has 0 N–H and O–H groups in total. The minimum atomic E-state index is -7.48. The molecule has 0 bridgehead atoms. The van der Waals surface area contributed by atoms with E-state index in [-0.39, 0.29) is 51.4 Å². The first-order valence-electron chi connectivity index (χ1n) is 5.81. The van der Waals surface area contributed by atoms with Crippen LogP contribution in [0.15, 0.2) is 0 Å². The maximum atomic E-state index is 13.1. The van der Waals surface area contributed by atoms with Crippen molar-refractivity contribution in [3.05, 3.63) is 0 Å². The van der Waals surface area contributed by atoms with Gasteiger partial charge in [0.1, 0.15) is 10.1 Å². The van der Waals surface area contributed by atoms with Crippen LogP contribution in [0.3, 0.4) is 0 Å². The molecule has 0 fully saturated rings. The molecule has 158 valence electrons. The van der Waals surface area contributed by atoms with Crippen molar-refractivity contribution in [2.75, 3.05) is 0 Å². The normalized spacial score (nSPS) is 19.8. The van der Waals surface area contributed by atoms with Crippen LogP contribution in [0.1, 0.15) is 0 Å². The van der Waals surface area contributed by atoms with Crippen LogP contribution in [0.2, 0.25) is 0 Å². The van der Waals surface area contributed by atoms with Crippen molar-refractivity contribution in [1.82, 2.24) is 0 Å². The van der Waals surface area contributed by atoms with Gasteiger partial charge < -0.3 is 4.55 Å². The van der Waals surface area contributed by atoms with E-state index in [1.165, 1.54) is 0 Å². The van der Waals surface area contributed by atoms with Crippen molar-refractivity contribution in [3.63, 3.8) is 0 Å². The molecule has 0 aliphatic rings. The summed E-state index contributed by atoms with van der Waals surface area (Å²) in [5.74, 6) is -21.8. The summed E-state index contributed by atoms with van der Waals surface area (Å²) in [7, 11) is -7.02. The van der Waals surface area contributed by atoms with E-state index in [9.17, 15) is 70.0 Å². The Balaban J connectivity index is 0. The van der Waals surface area contributed by atoms with Crippen molar-refractivity contribution >= 4 is 10.1 Å². The Bertz CT molecular complexity index is 586. The molecular formula is C9H6F13KO3S. The van der Waals surface area contributed by atoms with Crippen molar-refractivity contribution in [1.29, 1.82) is 0 Å². The van der Waals surface area contributed by atoms with Crippen LogP contribution < -0.4 is 51.4 Å². The van der Waals surface area contributed by atoms with Gasteiger partial charge in [0.05, 0.1) is 0 Å². The van der Waals surface area contributed by atoms with Crippen molar-refractivity contribution in [3.8, 4) is 0 Å². The average molecular weight is 480 g/mol. The maximum absolute atomic E-state index is 13.1. The number of rotatable bonds is 9. The van der Waals surface area contributed by atoms with Gasteiger partial charge in [-0.25, -0.2) is 39.2 Å².